The van der Waals surface area contributed by atoms with Crippen LogP contribution < -0.4 is 4.74 Å². The molecule has 2 aromatic carbocycles. The average molecular weight is 250 g/mol. The van der Waals surface area contributed by atoms with Crippen LogP contribution in [-0.2, 0) is 4.79 Å². The minimum Gasteiger partial charge on any atom is -0.427 e. The molecular weight excluding hydrogens is 238 g/mol. The van der Waals surface area contributed by atoms with Gasteiger partial charge in [0.25, 0.3) is 0 Å². The lowest BCUT2D eigenvalue weighted by Gasteiger charge is -2.07. The molecule has 0 aliphatic carbocycles. The molecule has 0 spiro atoms. The zero-order chi connectivity index (χ0) is 13.2. The van der Waals surface area contributed by atoms with Crippen molar-refractivity contribution >= 4 is 16.9 Å². The number of fused-ring (bicyclic) bond motifs is 1. The molecule has 0 aliphatic rings. The van der Waals surface area contributed by atoms with Gasteiger partial charge in [0.1, 0.15) is 5.75 Å². The number of ether oxygens (including phenoxy) is 1. The standard InChI is InChI=1S/C16H12NO2/c1-12(18)19-15-7-4-6-14(11-15)17-10-9-13-5-2-3-8-16(13)17/h2-8,10-11H,1H3. The van der Waals surface area contributed by atoms with E-state index in [1.54, 1.807) is 6.07 Å². The summed E-state index contributed by atoms with van der Waals surface area (Å²) < 4.78 is 7.12. The molecule has 0 fully saturated rings. The zero-order valence-electron chi connectivity index (χ0n) is 10.5. The van der Waals surface area contributed by atoms with Crippen molar-refractivity contribution in [2.75, 3.05) is 0 Å². The second-order valence-corrected chi connectivity index (χ2v) is 4.25. The van der Waals surface area contributed by atoms with Crippen molar-refractivity contribution in [3.8, 4) is 11.4 Å². The fourth-order valence-electron chi connectivity index (χ4n) is 2.09. The number of rotatable bonds is 2. The predicted octanol–water partition coefficient (Wildman–Crippen LogP) is 3.36. The van der Waals surface area contributed by atoms with Gasteiger partial charge in [0, 0.05) is 36.3 Å². The minimum atomic E-state index is -0.318. The first-order valence-electron chi connectivity index (χ1n) is 6.01. The number of nitrogens with zero attached hydrogens (tertiary/aromatic N) is 1. The van der Waals surface area contributed by atoms with Crippen LogP contribution in [-0.4, -0.2) is 10.5 Å². The molecule has 1 aromatic heterocycles. The lowest BCUT2D eigenvalue weighted by Crippen LogP contribution is -2.02. The van der Waals surface area contributed by atoms with Crippen LogP contribution in [0.15, 0.2) is 54.7 Å². The molecule has 0 atom stereocenters. The smallest absolute Gasteiger partial charge is 0.308 e. The molecule has 1 heterocycles. The predicted molar refractivity (Wildman–Crippen MR) is 73.4 cm³/mol. The van der Waals surface area contributed by atoms with E-state index in [0.29, 0.717) is 5.75 Å². The summed E-state index contributed by atoms with van der Waals surface area (Å²) in [6, 6.07) is 18.7. The Morgan fingerprint density at radius 1 is 1.16 bits per heavy atom. The molecule has 0 saturated heterocycles. The highest BCUT2D eigenvalue weighted by Gasteiger charge is 2.05. The van der Waals surface area contributed by atoms with Gasteiger partial charge in [0.05, 0.1) is 5.52 Å². The van der Waals surface area contributed by atoms with E-state index in [2.05, 4.69) is 6.07 Å². The quantitative estimate of drug-likeness (QED) is 0.516. The Morgan fingerprint density at radius 2 is 2.00 bits per heavy atom. The van der Waals surface area contributed by atoms with E-state index in [1.807, 2.05) is 53.2 Å². The Bertz CT molecular complexity index is 743. The Hall–Kier alpha value is -2.55. The second kappa shape index (κ2) is 4.61. The number of aromatic nitrogens is 1. The van der Waals surface area contributed by atoms with Crippen molar-refractivity contribution in [3.63, 3.8) is 0 Å². The van der Waals surface area contributed by atoms with Gasteiger partial charge in [-0.1, -0.05) is 24.3 Å². The molecule has 0 aliphatic heterocycles. The number of hydrogen-bond acceptors (Lipinski definition) is 2. The van der Waals surface area contributed by atoms with Crippen LogP contribution in [0.4, 0.5) is 0 Å². The van der Waals surface area contributed by atoms with Crippen LogP contribution in [0.2, 0.25) is 0 Å². The Kier molecular flexibility index (Phi) is 2.80. The summed E-state index contributed by atoms with van der Waals surface area (Å²) in [6.07, 6.45) is 1.89. The number of benzene rings is 2. The third-order valence-corrected chi connectivity index (χ3v) is 2.87. The molecule has 1 radical (unpaired) electrons. The molecule has 3 heteroatoms. The normalized spacial score (nSPS) is 10.6. The molecule has 19 heavy (non-hydrogen) atoms. The molecular formula is C16H12NO2. The Balaban J connectivity index is 2.09. The highest BCUT2D eigenvalue weighted by molar-refractivity contribution is 5.81. The summed E-state index contributed by atoms with van der Waals surface area (Å²) in [7, 11) is 0. The largest absolute Gasteiger partial charge is 0.427 e. The number of carbonyl (C=O) groups excluding carboxylic acids is 1. The van der Waals surface area contributed by atoms with Gasteiger partial charge in [-0.15, -0.1) is 0 Å². The maximum atomic E-state index is 11.0. The molecule has 0 saturated carbocycles. The van der Waals surface area contributed by atoms with Crippen molar-refractivity contribution in [2.24, 2.45) is 0 Å². The molecule has 0 amide bonds. The highest BCUT2D eigenvalue weighted by Crippen LogP contribution is 2.22. The first-order chi connectivity index (χ1) is 9.24. The van der Waals surface area contributed by atoms with E-state index >= 15 is 0 Å². The summed E-state index contributed by atoms with van der Waals surface area (Å²) in [5.74, 6) is 0.226. The Labute approximate surface area is 111 Å². The highest BCUT2D eigenvalue weighted by atomic mass is 16.5. The van der Waals surface area contributed by atoms with Crippen molar-refractivity contribution in [2.45, 2.75) is 6.92 Å². The summed E-state index contributed by atoms with van der Waals surface area (Å²) >= 11 is 0. The number of hydrogen-bond donors (Lipinski definition) is 0. The monoisotopic (exact) mass is 250 g/mol. The molecule has 3 aromatic rings. The topological polar surface area (TPSA) is 31.2 Å². The average Bonchev–Trinajstić information content (AvgIpc) is 2.82. The summed E-state index contributed by atoms with van der Waals surface area (Å²) in [5.41, 5.74) is 2.01. The van der Waals surface area contributed by atoms with E-state index in [1.165, 1.54) is 6.92 Å². The maximum Gasteiger partial charge on any atom is 0.308 e. The number of carbonyl (C=O) groups is 1. The second-order valence-electron chi connectivity index (χ2n) is 4.25. The van der Waals surface area contributed by atoms with Crippen molar-refractivity contribution in [1.29, 1.82) is 0 Å². The summed E-state index contributed by atoms with van der Waals surface area (Å²) in [6.45, 7) is 1.39. The molecule has 3 nitrogen and oxygen atoms in total. The van der Waals surface area contributed by atoms with Crippen molar-refractivity contribution in [1.82, 2.24) is 4.57 Å². The number of para-hydroxylation sites is 1. The lowest BCUT2D eigenvalue weighted by atomic mass is 10.2. The summed E-state index contributed by atoms with van der Waals surface area (Å²) in [4.78, 5) is 11.0. The zero-order valence-corrected chi connectivity index (χ0v) is 10.5. The first kappa shape index (κ1) is 11.5. The van der Waals surface area contributed by atoms with Crippen LogP contribution in [0, 0.1) is 6.07 Å². The first-order valence-corrected chi connectivity index (χ1v) is 6.01. The molecule has 3 rings (SSSR count). The SMILES string of the molecule is CC(=O)Oc1cccc(-n2c[c]c3ccccc32)c1. The Morgan fingerprint density at radius 3 is 2.84 bits per heavy atom. The molecule has 93 valence electrons. The third-order valence-electron chi connectivity index (χ3n) is 2.87. The molecule has 0 unspecified atom stereocenters. The van der Waals surface area contributed by atoms with Crippen LogP contribution in [0.5, 0.6) is 5.75 Å². The van der Waals surface area contributed by atoms with Gasteiger partial charge in [0.2, 0.25) is 0 Å². The van der Waals surface area contributed by atoms with E-state index < -0.39 is 0 Å². The number of esters is 1. The van der Waals surface area contributed by atoms with Crippen LogP contribution in [0.25, 0.3) is 16.6 Å². The maximum absolute atomic E-state index is 11.0. The van der Waals surface area contributed by atoms with Gasteiger partial charge < -0.3 is 9.30 Å². The van der Waals surface area contributed by atoms with Crippen molar-refractivity contribution in [3.05, 3.63) is 60.8 Å². The van der Waals surface area contributed by atoms with E-state index in [9.17, 15) is 4.79 Å². The minimum absolute atomic E-state index is 0.318. The van der Waals surface area contributed by atoms with Crippen LogP contribution in [0.1, 0.15) is 6.92 Å². The molecule has 0 N–H and O–H groups in total. The fourth-order valence-corrected chi connectivity index (χ4v) is 2.09. The van der Waals surface area contributed by atoms with E-state index in [0.717, 1.165) is 16.6 Å². The van der Waals surface area contributed by atoms with Gasteiger partial charge in [-0.05, 0) is 18.2 Å². The third kappa shape index (κ3) is 2.22. The lowest BCUT2D eigenvalue weighted by molar-refractivity contribution is -0.131. The van der Waals surface area contributed by atoms with Gasteiger partial charge >= 0.3 is 5.97 Å². The van der Waals surface area contributed by atoms with Crippen LogP contribution in [0.3, 0.4) is 0 Å². The summed E-state index contributed by atoms with van der Waals surface area (Å²) in [5, 5.41) is 1.06. The van der Waals surface area contributed by atoms with Gasteiger partial charge in [0.15, 0.2) is 0 Å². The molecule has 0 bridgehead atoms. The van der Waals surface area contributed by atoms with Gasteiger partial charge in [-0.3, -0.25) is 4.79 Å². The van der Waals surface area contributed by atoms with E-state index in [4.69, 9.17) is 4.74 Å². The van der Waals surface area contributed by atoms with Crippen LogP contribution >= 0.6 is 0 Å². The van der Waals surface area contributed by atoms with Gasteiger partial charge in [-0.2, -0.15) is 0 Å². The van der Waals surface area contributed by atoms with Crippen molar-refractivity contribution < 1.29 is 9.53 Å². The van der Waals surface area contributed by atoms with E-state index in [-0.39, 0.29) is 5.97 Å². The fraction of sp³-hybridized carbons (Fsp3) is 0.0625. The van der Waals surface area contributed by atoms with Gasteiger partial charge in [-0.25, -0.2) is 0 Å².